The zero-order chi connectivity index (χ0) is 25.6. The molecule has 11 heteroatoms. The van der Waals surface area contributed by atoms with Gasteiger partial charge in [0.1, 0.15) is 5.92 Å². The average Bonchev–Trinajstić information content (AvgIpc) is 3.25. The standard InChI is InChI=1S/C24H24F3N3O5/c1-3-33-21(31)19(23(2)34-11-12-35-23)20(16-9-7-15(14-28)8-10-16)30-22(32)29-18-6-4-5-17(13-18)24(25,26)27/h4-10,13,19-20H,3,11-12H2,1-2H3,(H2,29,30,32). The number of esters is 1. The van der Waals surface area contributed by atoms with Crippen molar-refractivity contribution < 1.29 is 37.0 Å². The van der Waals surface area contributed by atoms with Crippen molar-refractivity contribution in [2.45, 2.75) is 31.9 Å². The van der Waals surface area contributed by atoms with E-state index in [-0.39, 0.29) is 25.5 Å². The van der Waals surface area contributed by atoms with Gasteiger partial charge in [0, 0.05) is 5.69 Å². The Balaban J connectivity index is 1.95. The van der Waals surface area contributed by atoms with Gasteiger partial charge in [0.15, 0.2) is 5.79 Å². The van der Waals surface area contributed by atoms with E-state index in [1.165, 1.54) is 24.3 Å². The zero-order valence-electron chi connectivity index (χ0n) is 19.0. The number of halogens is 3. The minimum Gasteiger partial charge on any atom is -0.466 e. The molecule has 2 atom stereocenters. The number of anilines is 1. The molecular formula is C24H24F3N3O5. The van der Waals surface area contributed by atoms with E-state index in [9.17, 15) is 22.8 Å². The molecule has 1 aliphatic heterocycles. The average molecular weight is 491 g/mol. The van der Waals surface area contributed by atoms with Crippen molar-refractivity contribution in [2.24, 2.45) is 5.92 Å². The third-order valence-electron chi connectivity index (χ3n) is 5.43. The maximum atomic E-state index is 13.1. The summed E-state index contributed by atoms with van der Waals surface area (Å²) in [6.07, 6.45) is -4.58. The molecule has 2 unspecified atom stereocenters. The quantitative estimate of drug-likeness (QED) is 0.557. The summed E-state index contributed by atoms with van der Waals surface area (Å²) in [7, 11) is 0. The minimum absolute atomic E-state index is 0.0575. The lowest BCUT2D eigenvalue weighted by atomic mass is 9.86. The molecule has 0 spiro atoms. The van der Waals surface area contributed by atoms with Gasteiger partial charge in [-0.3, -0.25) is 4.79 Å². The number of rotatable bonds is 7. The minimum atomic E-state index is -4.58. The molecule has 0 aromatic heterocycles. The van der Waals surface area contributed by atoms with Crippen LogP contribution in [0.3, 0.4) is 0 Å². The topological polar surface area (TPSA) is 110 Å². The van der Waals surface area contributed by atoms with Crippen molar-refractivity contribution in [3.05, 3.63) is 65.2 Å². The number of hydrogen-bond donors (Lipinski definition) is 2. The molecule has 2 N–H and O–H groups in total. The molecule has 1 heterocycles. The Morgan fingerprint density at radius 2 is 1.83 bits per heavy atom. The first-order valence-electron chi connectivity index (χ1n) is 10.8. The first-order chi connectivity index (χ1) is 16.6. The Hall–Kier alpha value is -3.62. The molecule has 1 saturated heterocycles. The summed E-state index contributed by atoms with van der Waals surface area (Å²) in [4.78, 5) is 25.9. The molecule has 0 saturated carbocycles. The number of carbonyl (C=O) groups excluding carboxylic acids is 2. The number of hydrogen-bond acceptors (Lipinski definition) is 6. The van der Waals surface area contributed by atoms with Crippen LogP contribution in [-0.4, -0.2) is 37.6 Å². The lowest BCUT2D eigenvalue weighted by molar-refractivity contribution is -0.205. The third kappa shape index (κ3) is 6.29. The molecule has 2 amide bonds. The van der Waals surface area contributed by atoms with Crippen molar-refractivity contribution in [3.8, 4) is 6.07 Å². The van der Waals surface area contributed by atoms with E-state index < -0.39 is 41.5 Å². The highest BCUT2D eigenvalue weighted by atomic mass is 19.4. The summed E-state index contributed by atoms with van der Waals surface area (Å²) in [6, 6.07) is 10.3. The molecule has 2 aromatic carbocycles. The largest absolute Gasteiger partial charge is 0.466 e. The number of nitrogens with one attached hydrogen (secondary N) is 2. The fraction of sp³-hybridized carbons (Fsp3) is 0.375. The van der Waals surface area contributed by atoms with Gasteiger partial charge in [-0.25, -0.2) is 4.79 Å². The normalized spacial score (nSPS) is 16.6. The number of nitriles is 1. The Bertz CT molecular complexity index is 1090. The summed E-state index contributed by atoms with van der Waals surface area (Å²) < 4.78 is 55.8. The molecule has 186 valence electrons. The molecule has 1 aliphatic rings. The maximum Gasteiger partial charge on any atom is 0.416 e. The Morgan fingerprint density at radius 3 is 2.40 bits per heavy atom. The van der Waals surface area contributed by atoms with Gasteiger partial charge in [-0.05, 0) is 49.7 Å². The highest BCUT2D eigenvalue weighted by molar-refractivity contribution is 5.90. The van der Waals surface area contributed by atoms with Gasteiger partial charge in [0.05, 0.1) is 43.1 Å². The van der Waals surface area contributed by atoms with Gasteiger partial charge in [-0.1, -0.05) is 18.2 Å². The SMILES string of the molecule is CCOC(=O)C(C(NC(=O)Nc1cccc(C(F)(F)F)c1)c1ccc(C#N)cc1)C1(C)OCCO1. The Kier molecular flexibility index (Phi) is 7.99. The van der Waals surface area contributed by atoms with Crippen LogP contribution in [0.15, 0.2) is 48.5 Å². The van der Waals surface area contributed by atoms with E-state index in [0.717, 1.165) is 12.1 Å². The predicted octanol–water partition coefficient (Wildman–Crippen LogP) is 4.38. The molecule has 2 aromatic rings. The van der Waals surface area contributed by atoms with Crippen molar-refractivity contribution in [3.63, 3.8) is 0 Å². The summed E-state index contributed by atoms with van der Waals surface area (Å²) in [5.41, 5.74) is -0.235. The van der Waals surface area contributed by atoms with Gasteiger partial charge >= 0.3 is 18.2 Å². The van der Waals surface area contributed by atoms with E-state index in [2.05, 4.69) is 10.6 Å². The van der Waals surface area contributed by atoms with Crippen LogP contribution in [0.1, 0.15) is 36.6 Å². The number of ether oxygens (including phenoxy) is 3. The first kappa shape index (κ1) is 26.0. The van der Waals surface area contributed by atoms with Crippen molar-refractivity contribution in [1.29, 1.82) is 5.26 Å². The van der Waals surface area contributed by atoms with Crippen LogP contribution < -0.4 is 10.6 Å². The van der Waals surface area contributed by atoms with Crippen LogP contribution in [0.25, 0.3) is 0 Å². The molecule has 0 aliphatic carbocycles. The second-order valence-electron chi connectivity index (χ2n) is 7.83. The lowest BCUT2D eigenvalue weighted by Crippen LogP contribution is -2.50. The number of alkyl halides is 3. The summed E-state index contributed by atoms with van der Waals surface area (Å²) in [5.74, 6) is -3.33. The molecule has 0 radical (unpaired) electrons. The molecule has 3 rings (SSSR count). The lowest BCUT2D eigenvalue weighted by Gasteiger charge is -2.36. The van der Waals surface area contributed by atoms with Crippen LogP contribution in [0.4, 0.5) is 23.7 Å². The molecule has 0 bridgehead atoms. The third-order valence-corrected chi connectivity index (χ3v) is 5.43. The van der Waals surface area contributed by atoms with Crippen LogP contribution in [0.2, 0.25) is 0 Å². The highest BCUT2D eigenvalue weighted by Crippen LogP contribution is 2.38. The van der Waals surface area contributed by atoms with Crippen molar-refractivity contribution >= 4 is 17.7 Å². The number of benzene rings is 2. The molecule has 1 fully saturated rings. The smallest absolute Gasteiger partial charge is 0.416 e. The van der Waals surface area contributed by atoms with Crippen LogP contribution in [0, 0.1) is 17.2 Å². The second kappa shape index (κ2) is 10.8. The maximum absolute atomic E-state index is 13.1. The fourth-order valence-electron chi connectivity index (χ4n) is 3.80. The first-order valence-corrected chi connectivity index (χ1v) is 10.8. The van der Waals surface area contributed by atoms with Crippen molar-refractivity contribution in [1.82, 2.24) is 5.32 Å². The van der Waals surface area contributed by atoms with Gasteiger partial charge in [0.25, 0.3) is 0 Å². The second-order valence-corrected chi connectivity index (χ2v) is 7.83. The number of amides is 2. The van der Waals surface area contributed by atoms with E-state index in [1.807, 2.05) is 6.07 Å². The Morgan fingerprint density at radius 1 is 1.17 bits per heavy atom. The number of nitrogens with zero attached hydrogens (tertiary/aromatic N) is 1. The predicted molar refractivity (Wildman–Crippen MR) is 118 cm³/mol. The number of carbonyl (C=O) groups is 2. The highest BCUT2D eigenvalue weighted by Gasteiger charge is 2.50. The van der Waals surface area contributed by atoms with E-state index in [4.69, 9.17) is 19.5 Å². The van der Waals surface area contributed by atoms with Crippen LogP contribution in [-0.2, 0) is 25.2 Å². The molecular weight excluding hydrogens is 467 g/mol. The van der Waals surface area contributed by atoms with Crippen molar-refractivity contribution in [2.75, 3.05) is 25.1 Å². The van der Waals surface area contributed by atoms with E-state index in [1.54, 1.807) is 26.0 Å². The van der Waals surface area contributed by atoms with Gasteiger partial charge < -0.3 is 24.8 Å². The van der Waals surface area contributed by atoms with E-state index in [0.29, 0.717) is 11.1 Å². The summed E-state index contributed by atoms with van der Waals surface area (Å²) in [6.45, 7) is 3.65. The zero-order valence-corrected chi connectivity index (χ0v) is 19.0. The van der Waals surface area contributed by atoms with E-state index >= 15 is 0 Å². The van der Waals surface area contributed by atoms with Gasteiger partial charge in [-0.2, -0.15) is 18.4 Å². The molecule has 35 heavy (non-hydrogen) atoms. The van der Waals surface area contributed by atoms with Crippen LogP contribution >= 0.6 is 0 Å². The fourth-order valence-corrected chi connectivity index (χ4v) is 3.80. The Labute approximate surface area is 200 Å². The van der Waals surface area contributed by atoms with Gasteiger partial charge in [0.2, 0.25) is 0 Å². The summed E-state index contributed by atoms with van der Waals surface area (Å²) >= 11 is 0. The monoisotopic (exact) mass is 491 g/mol. The summed E-state index contributed by atoms with van der Waals surface area (Å²) in [5, 5.41) is 14.1. The molecule has 8 nitrogen and oxygen atoms in total. The number of urea groups is 1. The van der Waals surface area contributed by atoms with Crippen LogP contribution in [0.5, 0.6) is 0 Å². The van der Waals surface area contributed by atoms with Gasteiger partial charge in [-0.15, -0.1) is 0 Å².